The van der Waals surface area contributed by atoms with Crippen molar-refractivity contribution in [3.05, 3.63) is 59.1 Å². The van der Waals surface area contributed by atoms with E-state index >= 15 is 0 Å². The minimum Gasteiger partial charge on any atom is -0.396 e. The van der Waals surface area contributed by atoms with Crippen LogP contribution in [0.3, 0.4) is 0 Å². The maximum absolute atomic E-state index is 12.2. The van der Waals surface area contributed by atoms with Crippen LogP contribution in [0.5, 0.6) is 0 Å². The Balaban J connectivity index is 1.81. The fourth-order valence-corrected chi connectivity index (χ4v) is 2.97. The van der Waals surface area contributed by atoms with Gasteiger partial charge in [0.05, 0.1) is 10.4 Å². The first kappa shape index (κ1) is 12.6. The summed E-state index contributed by atoms with van der Waals surface area (Å²) in [4.78, 5) is 16.9. The summed E-state index contributed by atoms with van der Waals surface area (Å²) in [7, 11) is 0. The number of aromatic nitrogens is 1. The molecule has 20 heavy (non-hydrogen) atoms. The van der Waals surface area contributed by atoms with Gasteiger partial charge in [0.15, 0.2) is 0 Å². The van der Waals surface area contributed by atoms with E-state index in [1.807, 2.05) is 42.5 Å². The molecule has 2 aromatic heterocycles. The summed E-state index contributed by atoms with van der Waals surface area (Å²) in [6, 6.07) is 13.5. The number of thiophene rings is 1. The fraction of sp³-hybridized carbons (Fsp3) is 0.0667. The normalized spacial score (nSPS) is 10.6. The third kappa shape index (κ3) is 2.35. The second-order valence-electron chi connectivity index (χ2n) is 4.36. The van der Waals surface area contributed by atoms with E-state index in [2.05, 4.69) is 10.3 Å². The van der Waals surface area contributed by atoms with Gasteiger partial charge >= 0.3 is 0 Å². The number of nitrogens with one attached hydrogen (secondary N) is 1. The van der Waals surface area contributed by atoms with Crippen molar-refractivity contribution in [1.82, 2.24) is 10.3 Å². The van der Waals surface area contributed by atoms with Gasteiger partial charge in [0, 0.05) is 12.7 Å². The van der Waals surface area contributed by atoms with E-state index in [1.165, 1.54) is 11.3 Å². The van der Waals surface area contributed by atoms with Crippen LogP contribution >= 0.6 is 11.3 Å². The van der Waals surface area contributed by atoms with Gasteiger partial charge in [-0.05, 0) is 17.7 Å². The van der Waals surface area contributed by atoms with Gasteiger partial charge in [0.2, 0.25) is 0 Å². The highest BCUT2D eigenvalue weighted by Crippen LogP contribution is 2.31. The first-order valence-corrected chi connectivity index (χ1v) is 7.02. The van der Waals surface area contributed by atoms with Gasteiger partial charge in [-0.3, -0.25) is 9.78 Å². The number of nitrogen functional groups attached to an aromatic ring is 1. The fourth-order valence-electron chi connectivity index (χ4n) is 1.97. The average molecular weight is 283 g/mol. The smallest absolute Gasteiger partial charge is 0.263 e. The van der Waals surface area contributed by atoms with Crippen LogP contribution in [0.15, 0.2) is 48.7 Å². The van der Waals surface area contributed by atoms with E-state index in [0.717, 1.165) is 10.3 Å². The molecule has 0 aliphatic rings. The van der Waals surface area contributed by atoms with Gasteiger partial charge in [-0.15, -0.1) is 11.3 Å². The summed E-state index contributed by atoms with van der Waals surface area (Å²) < 4.78 is 0.926. The Bertz CT molecular complexity index is 752. The topological polar surface area (TPSA) is 68.0 Å². The molecule has 2 heterocycles. The van der Waals surface area contributed by atoms with E-state index in [4.69, 9.17) is 5.73 Å². The molecule has 0 bridgehead atoms. The summed E-state index contributed by atoms with van der Waals surface area (Å²) in [5, 5.41) is 2.88. The van der Waals surface area contributed by atoms with E-state index in [0.29, 0.717) is 22.6 Å². The van der Waals surface area contributed by atoms with Crippen LogP contribution in [-0.2, 0) is 6.54 Å². The number of pyridine rings is 1. The molecular formula is C15H13N3OS. The lowest BCUT2D eigenvalue weighted by atomic mass is 10.2. The van der Waals surface area contributed by atoms with Crippen molar-refractivity contribution in [2.45, 2.75) is 6.54 Å². The first-order chi connectivity index (χ1) is 9.75. The molecular weight excluding hydrogens is 270 g/mol. The summed E-state index contributed by atoms with van der Waals surface area (Å²) in [6.45, 7) is 0.487. The van der Waals surface area contributed by atoms with Crippen LogP contribution in [0.1, 0.15) is 15.2 Å². The number of rotatable bonds is 3. The van der Waals surface area contributed by atoms with Crippen LogP contribution < -0.4 is 11.1 Å². The minimum atomic E-state index is -0.158. The average Bonchev–Trinajstić information content (AvgIpc) is 2.84. The third-order valence-corrected chi connectivity index (χ3v) is 4.14. The molecule has 100 valence electrons. The number of nitrogens with two attached hydrogens (primary N) is 1. The molecule has 1 amide bonds. The number of hydrogen-bond donors (Lipinski definition) is 2. The third-order valence-electron chi connectivity index (χ3n) is 2.98. The predicted octanol–water partition coefficient (Wildman–Crippen LogP) is 2.81. The molecule has 0 radical (unpaired) electrons. The Kier molecular flexibility index (Phi) is 3.35. The predicted molar refractivity (Wildman–Crippen MR) is 81.6 cm³/mol. The van der Waals surface area contributed by atoms with Crippen molar-refractivity contribution in [1.29, 1.82) is 0 Å². The molecule has 0 spiro atoms. The van der Waals surface area contributed by atoms with E-state index in [9.17, 15) is 4.79 Å². The zero-order chi connectivity index (χ0) is 13.9. The number of carbonyl (C=O) groups excluding carboxylic acids is 1. The Morgan fingerprint density at radius 1 is 1.20 bits per heavy atom. The Hall–Kier alpha value is -2.40. The highest BCUT2D eigenvalue weighted by atomic mass is 32.1. The molecule has 0 saturated carbocycles. The van der Waals surface area contributed by atoms with Crippen LogP contribution in [0, 0.1) is 0 Å². The first-order valence-electron chi connectivity index (χ1n) is 6.21. The van der Waals surface area contributed by atoms with E-state index in [-0.39, 0.29) is 5.91 Å². The van der Waals surface area contributed by atoms with Crippen molar-refractivity contribution in [2.75, 3.05) is 5.73 Å². The van der Waals surface area contributed by atoms with Gasteiger partial charge in [-0.1, -0.05) is 30.3 Å². The van der Waals surface area contributed by atoms with Gasteiger partial charge in [-0.2, -0.15) is 0 Å². The SMILES string of the molecule is Nc1c(C(=O)NCc2ccccc2)sc2cccnc12. The molecule has 3 rings (SSSR count). The Labute approximate surface area is 120 Å². The molecule has 4 nitrogen and oxygen atoms in total. The van der Waals surface area contributed by atoms with Gasteiger partial charge in [-0.25, -0.2) is 0 Å². The van der Waals surface area contributed by atoms with Crippen LogP contribution in [0.2, 0.25) is 0 Å². The number of anilines is 1. The largest absolute Gasteiger partial charge is 0.396 e. The molecule has 0 aliphatic heterocycles. The second-order valence-corrected chi connectivity index (χ2v) is 5.42. The minimum absolute atomic E-state index is 0.158. The van der Waals surface area contributed by atoms with Gasteiger partial charge in [0.1, 0.15) is 10.4 Å². The number of carbonyl (C=O) groups is 1. The lowest BCUT2D eigenvalue weighted by Crippen LogP contribution is -2.22. The lowest BCUT2D eigenvalue weighted by Gasteiger charge is -2.04. The molecule has 3 N–H and O–H groups in total. The number of fused-ring (bicyclic) bond motifs is 1. The molecule has 0 saturated heterocycles. The Morgan fingerprint density at radius 2 is 2.00 bits per heavy atom. The molecule has 1 aromatic carbocycles. The van der Waals surface area contributed by atoms with Crippen LogP contribution in [0.25, 0.3) is 10.2 Å². The van der Waals surface area contributed by atoms with Crippen molar-refractivity contribution in [3.8, 4) is 0 Å². The standard InChI is InChI=1S/C15H13N3OS/c16-12-13-11(7-4-8-17-13)20-14(12)15(19)18-9-10-5-2-1-3-6-10/h1-8H,9,16H2,(H,18,19). The van der Waals surface area contributed by atoms with Crippen molar-refractivity contribution >= 4 is 33.1 Å². The van der Waals surface area contributed by atoms with Crippen LogP contribution in [0.4, 0.5) is 5.69 Å². The maximum atomic E-state index is 12.2. The van der Waals surface area contributed by atoms with Crippen molar-refractivity contribution in [2.24, 2.45) is 0 Å². The summed E-state index contributed by atoms with van der Waals surface area (Å²) in [5.41, 5.74) is 8.20. The van der Waals surface area contributed by atoms with E-state index in [1.54, 1.807) is 6.20 Å². The zero-order valence-electron chi connectivity index (χ0n) is 10.7. The van der Waals surface area contributed by atoms with Gasteiger partial charge in [0.25, 0.3) is 5.91 Å². The molecule has 0 fully saturated rings. The van der Waals surface area contributed by atoms with Crippen LogP contribution in [-0.4, -0.2) is 10.9 Å². The molecule has 0 unspecified atom stereocenters. The summed E-state index contributed by atoms with van der Waals surface area (Å²) in [6.07, 6.45) is 1.68. The quantitative estimate of drug-likeness (QED) is 0.776. The maximum Gasteiger partial charge on any atom is 0.263 e. The zero-order valence-corrected chi connectivity index (χ0v) is 11.5. The van der Waals surface area contributed by atoms with E-state index < -0.39 is 0 Å². The molecule has 3 aromatic rings. The lowest BCUT2D eigenvalue weighted by molar-refractivity contribution is 0.0956. The number of amides is 1. The Morgan fingerprint density at radius 3 is 2.75 bits per heavy atom. The molecule has 0 atom stereocenters. The molecule has 0 aliphatic carbocycles. The number of nitrogens with zero attached hydrogens (tertiary/aromatic N) is 1. The monoisotopic (exact) mass is 283 g/mol. The van der Waals surface area contributed by atoms with Gasteiger partial charge < -0.3 is 11.1 Å². The van der Waals surface area contributed by atoms with Crippen molar-refractivity contribution in [3.63, 3.8) is 0 Å². The number of benzene rings is 1. The summed E-state index contributed by atoms with van der Waals surface area (Å²) >= 11 is 1.37. The second kappa shape index (κ2) is 5.30. The number of hydrogen-bond acceptors (Lipinski definition) is 4. The highest BCUT2D eigenvalue weighted by Gasteiger charge is 2.16. The highest BCUT2D eigenvalue weighted by molar-refractivity contribution is 7.21. The van der Waals surface area contributed by atoms with Crippen molar-refractivity contribution < 1.29 is 4.79 Å². The summed E-state index contributed by atoms with van der Waals surface area (Å²) in [5.74, 6) is -0.158. The molecule has 5 heteroatoms.